The Bertz CT molecular complexity index is 592. The summed E-state index contributed by atoms with van der Waals surface area (Å²) >= 11 is 1.48. The average molecular weight is 324 g/mol. The summed E-state index contributed by atoms with van der Waals surface area (Å²) in [5.74, 6) is 0.655. The second kappa shape index (κ2) is 10.2. The predicted molar refractivity (Wildman–Crippen MR) is 97.1 cm³/mol. The summed E-state index contributed by atoms with van der Waals surface area (Å²) in [7, 11) is 1.62. The number of aryl methyl sites for hydroxylation is 1. The van der Waals surface area contributed by atoms with E-state index in [-0.39, 0.29) is 11.8 Å². The van der Waals surface area contributed by atoms with Crippen molar-refractivity contribution in [3.63, 3.8) is 0 Å². The zero-order chi connectivity index (χ0) is 17.3. The van der Waals surface area contributed by atoms with Crippen LogP contribution in [0, 0.1) is 12.8 Å². The fraction of sp³-hybridized carbons (Fsp3) is 0.529. The summed E-state index contributed by atoms with van der Waals surface area (Å²) < 4.78 is 6.33. The molecule has 0 fully saturated rings. The zero-order valence-corrected chi connectivity index (χ0v) is 15.7. The van der Waals surface area contributed by atoms with E-state index in [4.69, 9.17) is 4.74 Å². The largest absolute Gasteiger partial charge is 0.494 e. The number of fused-ring (bicyclic) bond motifs is 1. The molecule has 5 heteroatoms. The standard InChI is InChI=1S/C13H16N2O2S.2C2H6/c1-7(2)12(16)15-13-14-10-9(17-4)6-5-8(3)11(10)18-13;2*1-2/h5-7H,1-4H3,(H,14,15,16);2*1-2H3. The number of hydrogen-bond donors (Lipinski definition) is 1. The molecule has 0 unspecified atom stereocenters. The molecule has 0 aliphatic heterocycles. The molecule has 0 bridgehead atoms. The number of amides is 1. The number of ether oxygens (including phenoxy) is 1. The van der Waals surface area contributed by atoms with Crippen molar-refractivity contribution in [2.75, 3.05) is 12.4 Å². The molecule has 0 aliphatic rings. The van der Waals surface area contributed by atoms with E-state index in [2.05, 4.69) is 10.3 Å². The Balaban J connectivity index is 0.00000102. The summed E-state index contributed by atoms with van der Waals surface area (Å²) in [4.78, 5) is 16.1. The summed E-state index contributed by atoms with van der Waals surface area (Å²) in [5.41, 5.74) is 1.94. The van der Waals surface area contributed by atoms with Crippen LogP contribution in [-0.2, 0) is 4.79 Å². The molecule has 1 amide bonds. The van der Waals surface area contributed by atoms with Crippen LogP contribution in [0.2, 0.25) is 0 Å². The first-order valence-corrected chi connectivity index (χ1v) is 8.59. The fourth-order valence-corrected chi connectivity index (χ4v) is 2.53. The van der Waals surface area contributed by atoms with Gasteiger partial charge in [-0.3, -0.25) is 4.79 Å². The molecule has 0 radical (unpaired) electrons. The number of carbonyl (C=O) groups excluding carboxylic acids is 1. The lowest BCUT2D eigenvalue weighted by Crippen LogP contribution is -2.17. The normalized spacial score (nSPS) is 9.50. The molecule has 0 aliphatic carbocycles. The van der Waals surface area contributed by atoms with Crippen LogP contribution >= 0.6 is 11.3 Å². The van der Waals surface area contributed by atoms with Crippen molar-refractivity contribution in [1.29, 1.82) is 0 Å². The van der Waals surface area contributed by atoms with Gasteiger partial charge in [0.25, 0.3) is 0 Å². The van der Waals surface area contributed by atoms with Gasteiger partial charge in [-0.25, -0.2) is 4.98 Å². The smallest absolute Gasteiger partial charge is 0.228 e. The Morgan fingerprint density at radius 2 is 1.82 bits per heavy atom. The van der Waals surface area contributed by atoms with Crippen molar-refractivity contribution < 1.29 is 9.53 Å². The van der Waals surface area contributed by atoms with Crippen molar-refractivity contribution in [1.82, 2.24) is 4.98 Å². The quantitative estimate of drug-likeness (QED) is 0.837. The summed E-state index contributed by atoms with van der Waals surface area (Å²) in [6.07, 6.45) is 0. The SMILES string of the molecule is CC.CC.COc1ccc(C)c2sc(NC(=O)C(C)C)nc12. The summed E-state index contributed by atoms with van der Waals surface area (Å²) in [6, 6.07) is 3.89. The van der Waals surface area contributed by atoms with Gasteiger partial charge in [0.15, 0.2) is 5.13 Å². The van der Waals surface area contributed by atoms with Crippen molar-refractivity contribution in [3.05, 3.63) is 17.7 Å². The maximum absolute atomic E-state index is 11.7. The van der Waals surface area contributed by atoms with Gasteiger partial charge < -0.3 is 10.1 Å². The van der Waals surface area contributed by atoms with E-state index in [1.54, 1.807) is 7.11 Å². The molecule has 0 spiro atoms. The summed E-state index contributed by atoms with van der Waals surface area (Å²) in [6.45, 7) is 13.7. The maximum atomic E-state index is 11.7. The molecule has 2 aromatic rings. The molecule has 22 heavy (non-hydrogen) atoms. The highest BCUT2D eigenvalue weighted by Crippen LogP contribution is 2.34. The third kappa shape index (κ3) is 4.98. The van der Waals surface area contributed by atoms with Crippen LogP contribution in [0.25, 0.3) is 10.2 Å². The Kier molecular flexibility index (Phi) is 9.42. The molecule has 124 valence electrons. The molecular weight excluding hydrogens is 296 g/mol. The van der Waals surface area contributed by atoms with Gasteiger partial charge in [0.1, 0.15) is 11.3 Å². The minimum atomic E-state index is -0.0556. The number of anilines is 1. The van der Waals surface area contributed by atoms with E-state index in [9.17, 15) is 4.79 Å². The number of rotatable bonds is 3. The van der Waals surface area contributed by atoms with Crippen LogP contribution in [0.4, 0.5) is 5.13 Å². The Hall–Kier alpha value is -1.62. The minimum absolute atomic E-state index is 0.0225. The first-order valence-electron chi connectivity index (χ1n) is 7.78. The summed E-state index contributed by atoms with van der Waals surface area (Å²) in [5, 5.41) is 3.44. The third-order valence-corrected chi connectivity index (χ3v) is 3.78. The predicted octanol–water partition coefficient (Wildman–Crippen LogP) is 5.26. The second-order valence-electron chi connectivity index (χ2n) is 4.43. The second-order valence-corrected chi connectivity index (χ2v) is 5.42. The first-order chi connectivity index (χ1) is 10.5. The van der Waals surface area contributed by atoms with Gasteiger partial charge in [0.05, 0.1) is 11.8 Å². The monoisotopic (exact) mass is 324 g/mol. The Morgan fingerprint density at radius 3 is 2.32 bits per heavy atom. The minimum Gasteiger partial charge on any atom is -0.494 e. The lowest BCUT2D eigenvalue weighted by atomic mass is 10.2. The molecular formula is C17H28N2O2S. The molecule has 1 aromatic carbocycles. The van der Waals surface area contributed by atoms with E-state index >= 15 is 0 Å². The zero-order valence-electron chi connectivity index (χ0n) is 14.9. The Morgan fingerprint density at radius 1 is 1.23 bits per heavy atom. The van der Waals surface area contributed by atoms with Crippen LogP contribution in [0.3, 0.4) is 0 Å². The lowest BCUT2D eigenvalue weighted by molar-refractivity contribution is -0.118. The lowest BCUT2D eigenvalue weighted by Gasteiger charge is -2.03. The van der Waals surface area contributed by atoms with Gasteiger partial charge >= 0.3 is 0 Å². The number of aromatic nitrogens is 1. The van der Waals surface area contributed by atoms with Gasteiger partial charge in [-0.1, -0.05) is 58.9 Å². The first kappa shape index (κ1) is 20.4. The molecule has 1 aromatic heterocycles. The van der Waals surface area contributed by atoms with Crippen LogP contribution in [-0.4, -0.2) is 18.0 Å². The number of thiazole rings is 1. The molecule has 0 saturated heterocycles. The van der Waals surface area contributed by atoms with E-state index in [1.165, 1.54) is 11.3 Å². The number of benzene rings is 1. The van der Waals surface area contributed by atoms with E-state index in [1.807, 2.05) is 60.6 Å². The van der Waals surface area contributed by atoms with Gasteiger partial charge in [-0.2, -0.15) is 0 Å². The molecule has 4 nitrogen and oxygen atoms in total. The van der Waals surface area contributed by atoms with Crippen LogP contribution < -0.4 is 10.1 Å². The highest BCUT2D eigenvalue weighted by atomic mass is 32.1. The number of nitrogens with one attached hydrogen (secondary N) is 1. The van der Waals surface area contributed by atoms with Crippen molar-refractivity contribution in [2.24, 2.45) is 5.92 Å². The van der Waals surface area contributed by atoms with Crippen LogP contribution in [0.5, 0.6) is 5.75 Å². The molecule has 1 heterocycles. The topological polar surface area (TPSA) is 51.2 Å². The maximum Gasteiger partial charge on any atom is 0.228 e. The molecule has 0 atom stereocenters. The van der Waals surface area contributed by atoms with E-state index in [0.717, 1.165) is 21.5 Å². The van der Waals surface area contributed by atoms with Gasteiger partial charge in [0, 0.05) is 5.92 Å². The van der Waals surface area contributed by atoms with Gasteiger partial charge in [-0.05, 0) is 18.6 Å². The third-order valence-electron chi connectivity index (χ3n) is 2.68. The highest BCUT2D eigenvalue weighted by molar-refractivity contribution is 7.22. The van der Waals surface area contributed by atoms with Crippen LogP contribution in [0.1, 0.15) is 47.1 Å². The highest BCUT2D eigenvalue weighted by Gasteiger charge is 2.14. The molecule has 2 rings (SSSR count). The molecule has 1 N–H and O–H groups in total. The van der Waals surface area contributed by atoms with E-state index in [0.29, 0.717) is 5.13 Å². The van der Waals surface area contributed by atoms with E-state index < -0.39 is 0 Å². The average Bonchev–Trinajstić information content (AvgIpc) is 2.96. The number of carbonyl (C=O) groups is 1. The van der Waals surface area contributed by atoms with Gasteiger partial charge in [0.2, 0.25) is 5.91 Å². The number of methoxy groups -OCH3 is 1. The van der Waals surface area contributed by atoms with Crippen molar-refractivity contribution in [3.8, 4) is 5.75 Å². The van der Waals surface area contributed by atoms with Crippen molar-refractivity contribution in [2.45, 2.75) is 48.5 Å². The number of nitrogens with zero attached hydrogens (tertiary/aromatic N) is 1. The Labute approximate surface area is 137 Å². The van der Waals surface area contributed by atoms with Gasteiger partial charge in [-0.15, -0.1) is 0 Å². The fourth-order valence-electron chi connectivity index (χ4n) is 1.58. The van der Waals surface area contributed by atoms with Crippen molar-refractivity contribution >= 4 is 32.6 Å². The molecule has 0 saturated carbocycles. The number of hydrogen-bond acceptors (Lipinski definition) is 4. The van der Waals surface area contributed by atoms with Crippen LogP contribution in [0.15, 0.2) is 12.1 Å².